The first-order chi connectivity index (χ1) is 7.18. The zero-order valence-electron chi connectivity index (χ0n) is 9.74. The van der Waals surface area contributed by atoms with Crippen LogP contribution >= 0.6 is 0 Å². The summed E-state index contributed by atoms with van der Waals surface area (Å²) in [6, 6.07) is 0. The topological polar surface area (TPSA) is 40.5 Å². The third-order valence-corrected chi connectivity index (χ3v) is 3.14. The summed E-state index contributed by atoms with van der Waals surface area (Å²) in [5.41, 5.74) is 0. The van der Waals surface area contributed by atoms with Crippen molar-refractivity contribution in [2.75, 3.05) is 19.6 Å². The van der Waals surface area contributed by atoms with Crippen LogP contribution in [0.3, 0.4) is 0 Å². The molecule has 88 valence electrons. The lowest BCUT2D eigenvalue weighted by atomic mass is 10.0. The van der Waals surface area contributed by atoms with E-state index in [0.717, 1.165) is 19.4 Å². The Morgan fingerprint density at radius 2 is 2.00 bits per heavy atom. The van der Waals surface area contributed by atoms with Crippen molar-refractivity contribution in [3.05, 3.63) is 0 Å². The molecule has 1 atom stereocenters. The van der Waals surface area contributed by atoms with Crippen LogP contribution in [0.15, 0.2) is 0 Å². The summed E-state index contributed by atoms with van der Waals surface area (Å²) in [5, 5.41) is 8.62. The van der Waals surface area contributed by atoms with E-state index in [2.05, 4.69) is 4.90 Å². The Bertz CT molecular complexity index is 188. The summed E-state index contributed by atoms with van der Waals surface area (Å²) < 4.78 is 0. The minimum atomic E-state index is -0.666. The molecule has 0 spiro atoms. The summed E-state index contributed by atoms with van der Waals surface area (Å²) in [4.78, 5) is 13.0. The normalized spacial score (nSPS) is 20.1. The molecule has 3 heteroatoms. The largest absolute Gasteiger partial charge is 0.481 e. The first-order valence-corrected chi connectivity index (χ1v) is 6.12. The van der Waals surface area contributed by atoms with E-state index in [4.69, 9.17) is 5.11 Å². The van der Waals surface area contributed by atoms with Gasteiger partial charge >= 0.3 is 5.97 Å². The molecule has 1 fully saturated rings. The molecule has 3 nitrogen and oxygen atoms in total. The number of aliphatic carboxylic acids is 1. The molecule has 0 aromatic carbocycles. The van der Waals surface area contributed by atoms with Crippen LogP contribution in [0.25, 0.3) is 0 Å². The van der Waals surface area contributed by atoms with Gasteiger partial charge < -0.3 is 10.0 Å². The van der Waals surface area contributed by atoms with E-state index in [1.165, 1.54) is 32.4 Å². The number of hydrogen-bond acceptors (Lipinski definition) is 2. The maximum atomic E-state index is 10.5. The third-order valence-electron chi connectivity index (χ3n) is 3.14. The molecule has 1 aliphatic heterocycles. The second-order valence-electron chi connectivity index (χ2n) is 4.75. The molecule has 0 aliphatic carbocycles. The number of carbonyl (C=O) groups is 1. The van der Waals surface area contributed by atoms with Gasteiger partial charge in [0.25, 0.3) is 0 Å². The lowest BCUT2D eigenvalue weighted by molar-refractivity contribution is -0.138. The molecule has 1 rings (SSSR count). The van der Waals surface area contributed by atoms with Crippen LogP contribution in [-0.4, -0.2) is 35.6 Å². The van der Waals surface area contributed by atoms with Gasteiger partial charge in [-0.05, 0) is 51.2 Å². The van der Waals surface area contributed by atoms with Crippen molar-refractivity contribution >= 4 is 5.97 Å². The fraction of sp³-hybridized carbons (Fsp3) is 0.917. The second-order valence-corrected chi connectivity index (χ2v) is 4.75. The summed E-state index contributed by atoms with van der Waals surface area (Å²) in [6.45, 7) is 5.68. The first-order valence-electron chi connectivity index (χ1n) is 6.12. The molecule has 0 amide bonds. The van der Waals surface area contributed by atoms with Crippen LogP contribution in [0.1, 0.15) is 45.4 Å². The number of hydrogen-bond donors (Lipinski definition) is 1. The van der Waals surface area contributed by atoms with Crippen molar-refractivity contribution < 1.29 is 9.90 Å². The van der Waals surface area contributed by atoms with Gasteiger partial charge in [-0.1, -0.05) is 13.3 Å². The third kappa shape index (κ3) is 5.78. The van der Waals surface area contributed by atoms with Gasteiger partial charge in [0.2, 0.25) is 0 Å². The highest BCUT2D eigenvalue weighted by Gasteiger charge is 2.11. The average Bonchev–Trinajstić information content (AvgIpc) is 2.18. The average molecular weight is 213 g/mol. The van der Waals surface area contributed by atoms with Crippen LogP contribution in [0.2, 0.25) is 0 Å². The molecule has 1 heterocycles. The van der Waals surface area contributed by atoms with Crippen LogP contribution in [0, 0.1) is 5.92 Å². The summed E-state index contributed by atoms with van der Waals surface area (Å²) in [5.74, 6) is -0.340. The molecular formula is C12H23NO2. The van der Waals surface area contributed by atoms with Gasteiger partial charge in [0.15, 0.2) is 0 Å². The van der Waals surface area contributed by atoms with E-state index in [1.807, 2.05) is 6.92 Å². The Labute approximate surface area is 92.5 Å². The molecule has 0 saturated carbocycles. The van der Waals surface area contributed by atoms with Gasteiger partial charge in [-0.15, -0.1) is 0 Å². The molecule has 0 bridgehead atoms. The van der Waals surface area contributed by atoms with Gasteiger partial charge in [-0.2, -0.15) is 0 Å². The summed E-state index contributed by atoms with van der Waals surface area (Å²) >= 11 is 0. The molecule has 0 aromatic heterocycles. The Kier molecular flexibility index (Phi) is 5.69. The number of carboxylic acid groups (broad SMARTS) is 1. The van der Waals surface area contributed by atoms with Gasteiger partial charge in [0, 0.05) is 6.42 Å². The summed E-state index contributed by atoms with van der Waals surface area (Å²) in [6.07, 6.45) is 6.57. The van der Waals surface area contributed by atoms with Crippen LogP contribution in [0.4, 0.5) is 0 Å². The second kappa shape index (κ2) is 6.83. The van der Waals surface area contributed by atoms with E-state index in [0.29, 0.717) is 12.3 Å². The van der Waals surface area contributed by atoms with E-state index < -0.39 is 5.97 Å². The lowest BCUT2D eigenvalue weighted by Gasteiger charge is -2.26. The summed E-state index contributed by atoms with van der Waals surface area (Å²) in [7, 11) is 0. The van der Waals surface area contributed by atoms with Crippen molar-refractivity contribution in [2.24, 2.45) is 5.92 Å². The Morgan fingerprint density at radius 1 is 1.33 bits per heavy atom. The van der Waals surface area contributed by atoms with Crippen LogP contribution < -0.4 is 0 Å². The van der Waals surface area contributed by atoms with Crippen molar-refractivity contribution in [3.63, 3.8) is 0 Å². The van der Waals surface area contributed by atoms with Gasteiger partial charge in [0.05, 0.1) is 0 Å². The van der Waals surface area contributed by atoms with E-state index in [1.54, 1.807) is 0 Å². The Morgan fingerprint density at radius 3 is 2.60 bits per heavy atom. The molecule has 0 aromatic rings. The smallest absolute Gasteiger partial charge is 0.303 e. The number of rotatable bonds is 6. The van der Waals surface area contributed by atoms with Gasteiger partial charge in [-0.25, -0.2) is 0 Å². The minimum absolute atomic E-state index is 0.319. The maximum Gasteiger partial charge on any atom is 0.303 e. The fourth-order valence-electron chi connectivity index (χ4n) is 2.25. The highest BCUT2D eigenvalue weighted by Crippen LogP contribution is 2.13. The molecule has 1 aliphatic rings. The quantitative estimate of drug-likeness (QED) is 0.736. The molecule has 1 unspecified atom stereocenters. The lowest BCUT2D eigenvalue weighted by Crippen LogP contribution is -2.30. The molecule has 1 N–H and O–H groups in total. The highest BCUT2D eigenvalue weighted by molar-refractivity contribution is 5.66. The number of likely N-dealkylation sites (tertiary alicyclic amines) is 1. The van der Waals surface area contributed by atoms with Crippen molar-refractivity contribution in [2.45, 2.75) is 45.4 Å². The minimum Gasteiger partial charge on any atom is -0.481 e. The number of piperidine rings is 1. The van der Waals surface area contributed by atoms with Crippen molar-refractivity contribution in [1.82, 2.24) is 4.90 Å². The zero-order valence-corrected chi connectivity index (χ0v) is 9.74. The first kappa shape index (κ1) is 12.5. The fourth-order valence-corrected chi connectivity index (χ4v) is 2.25. The molecular weight excluding hydrogens is 190 g/mol. The predicted octanol–water partition coefficient (Wildman–Crippen LogP) is 2.36. The van der Waals surface area contributed by atoms with Gasteiger partial charge in [0.1, 0.15) is 0 Å². The van der Waals surface area contributed by atoms with Crippen molar-refractivity contribution in [3.8, 4) is 0 Å². The number of carboxylic acids is 1. The Balaban J connectivity index is 2.02. The predicted molar refractivity (Wildman–Crippen MR) is 60.9 cm³/mol. The Hall–Kier alpha value is -0.570. The SMILES string of the molecule is CC(CCCN1CCCCC1)CC(=O)O. The van der Waals surface area contributed by atoms with Crippen LogP contribution in [-0.2, 0) is 4.79 Å². The van der Waals surface area contributed by atoms with E-state index in [-0.39, 0.29) is 0 Å². The number of nitrogens with zero attached hydrogens (tertiary/aromatic N) is 1. The standard InChI is InChI=1S/C12H23NO2/c1-11(10-12(14)15)6-5-9-13-7-3-2-4-8-13/h11H,2-10H2,1H3,(H,14,15). The molecule has 1 saturated heterocycles. The maximum absolute atomic E-state index is 10.5. The van der Waals surface area contributed by atoms with Gasteiger partial charge in [-0.3, -0.25) is 4.79 Å². The monoisotopic (exact) mass is 213 g/mol. The van der Waals surface area contributed by atoms with E-state index >= 15 is 0 Å². The highest BCUT2D eigenvalue weighted by atomic mass is 16.4. The van der Waals surface area contributed by atoms with Crippen molar-refractivity contribution in [1.29, 1.82) is 0 Å². The molecule has 15 heavy (non-hydrogen) atoms. The zero-order chi connectivity index (χ0) is 11.1. The van der Waals surface area contributed by atoms with E-state index in [9.17, 15) is 4.79 Å². The van der Waals surface area contributed by atoms with Crippen LogP contribution in [0.5, 0.6) is 0 Å². The molecule has 0 radical (unpaired) electrons.